The van der Waals surface area contributed by atoms with E-state index in [0.29, 0.717) is 6.42 Å². The molecule has 1 rings (SSSR count). The molecule has 0 saturated carbocycles. The predicted molar refractivity (Wildman–Crippen MR) is 68.7 cm³/mol. The van der Waals surface area contributed by atoms with Gasteiger partial charge in [0, 0.05) is 12.1 Å². The molecule has 0 aliphatic heterocycles. The van der Waals surface area contributed by atoms with Crippen LogP contribution in [0.3, 0.4) is 0 Å². The predicted octanol–water partition coefficient (Wildman–Crippen LogP) is 2.63. The lowest BCUT2D eigenvalue weighted by molar-refractivity contribution is -0.141. The lowest BCUT2D eigenvalue weighted by atomic mass is 10.1. The first-order valence-electron chi connectivity index (χ1n) is 5.90. The Balaban J connectivity index is 2.63. The molecule has 3 nitrogen and oxygen atoms in total. The molecule has 0 aliphatic carbocycles. The second kappa shape index (κ2) is 6.40. The van der Waals surface area contributed by atoms with Crippen LogP contribution in [-0.4, -0.2) is 31.1 Å². The van der Waals surface area contributed by atoms with E-state index < -0.39 is 0 Å². The summed E-state index contributed by atoms with van der Waals surface area (Å²) in [5.41, 5.74) is 1.26. The summed E-state index contributed by atoms with van der Waals surface area (Å²) in [5.74, 6) is -0.162. The molecule has 0 bridgehead atoms. The standard InChI is InChI=1S/C14H21NO2/c1-11(10-14(16)17-4)15(3)12(2)13-8-6-5-7-9-13/h5-9,11-12H,10H2,1-4H3/t11-,12-/m0/s1. The Morgan fingerprint density at radius 1 is 1.29 bits per heavy atom. The van der Waals surface area contributed by atoms with E-state index in [4.69, 9.17) is 4.74 Å². The fraction of sp³-hybridized carbons (Fsp3) is 0.500. The van der Waals surface area contributed by atoms with Gasteiger partial charge >= 0.3 is 5.97 Å². The van der Waals surface area contributed by atoms with Crippen molar-refractivity contribution in [2.45, 2.75) is 32.4 Å². The van der Waals surface area contributed by atoms with Crippen LogP contribution in [-0.2, 0) is 9.53 Å². The molecule has 1 aromatic rings. The van der Waals surface area contributed by atoms with E-state index in [1.54, 1.807) is 0 Å². The van der Waals surface area contributed by atoms with Crippen LogP contribution < -0.4 is 0 Å². The van der Waals surface area contributed by atoms with Crippen LogP contribution in [0.4, 0.5) is 0 Å². The third-order valence-electron chi connectivity index (χ3n) is 3.28. The maximum absolute atomic E-state index is 11.2. The van der Waals surface area contributed by atoms with Crippen molar-refractivity contribution in [3.05, 3.63) is 35.9 Å². The average molecular weight is 235 g/mol. The van der Waals surface area contributed by atoms with E-state index in [2.05, 4.69) is 24.0 Å². The highest BCUT2D eigenvalue weighted by atomic mass is 16.5. The molecule has 94 valence electrons. The number of carbonyl (C=O) groups is 1. The maximum atomic E-state index is 11.2. The van der Waals surface area contributed by atoms with Crippen LogP contribution in [0.25, 0.3) is 0 Å². The normalized spacial score (nSPS) is 14.4. The fourth-order valence-electron chi connectivity index (χ4n) is 1.82. The van der Waals surface area contributed by atoms with E-state index >= 15 is 0 Å². The lowest BCUT2D eigenvalue weighted by Crippen LogP contribution is -2.33. The Kier molecular flexibility index (Phi) is 5.16. The summed E-state index contributed by atoms with van der Waals surface area (Å²) >= 11 is 0. The summed E-state index contributed by atoms with van der Waals surface area (Å²) in [4.78, 5) is 13.4. The molecular weight excluding hydrogens is 214 g/mol. The first-order valence-corrected chi connectivity index (χ1v) is 5.90. The molecule has 0 N–H and O–H groups in total. The summed E-state index contributed by atoms with van der Waals surface area (Å²) in [5, 5.41) is 0. The van der Waals surface area contributed by atoms with Gasteiger partial charge in [0.2, 0.25) is 0 Å². The van der Waals surface area contributed by atoms with Gasteiger partial charge in [-0.25, -0.2) is 0 Å². The third-order valence-corrected chi connectivity index (χ3v) is 3.28. The molecular formula is C14H21NO2. The average Bonchev–Trinajstić information content (AvgIpc) is 2.37. The summed E-state index contributed by atoms with van der Waals surface area (Å²) in [6, 6.07) is 10.7. The molecule has 0 radical (unpaired) electrons. The zero-order chi connectivity index (χ0) is 12.8. The first-order chi connectivity index (χ1) is 8.06. The Morgan fingerprint density at radius 2 is 1.88 bits per heavy atom. The minimum atomic E-state index is -0.162. The second-order valence-electron chi connectivity index (χ2n) is 4.38. The number of benzene rings is 1. The van der Waals surface area contributed by atoms with Crippen LogP contribution in [0, 0.1) is 0 Å². The van der Waals surface area contributed by atoms with Gasteiger partial charge in [-0.15, -0.1) is 0 Å². The molecule has 17 heavy (non-hydrogen) atoms. The molecule has 0 unspecified atom stereocenters. The van der Waals surface area contributed by atoms with Crippen molar-refractivity contribution in [2.75, 3.05) is 14.2 Å². The third kappa shape index (κ3) is 3.86. The second-order valence-corrected chi connectivity index (χ2v) is 4.38. The molecule has 0 saturated heterocycles. The lowest BCUT2D eigenvalue weighted by Gasteiger charge is -2.30. The van der Waals surface area contributed by atoms with Crippen molar-refractivity contribution in [3.8, 4) is 0 Å². The minimum Gasteiger partial charge on any atom is -0.469 e. The van der Waals surface area contributed by atoms with E-state index in [-0.39, 0.29) is 18.1 Å². The Morgan fingerprint density at radius 3 is 2.41 bits per heavy atom. The molecule has 0 spiro atoms. The molecule has 0 amide bonds. The van der Waals surface area contributed by atoms with Gasteiger partial charge in [0.25, 0.3) is 0 Å². The first kappa shape index (κ1) is 13.7. The van der Waals surface area contributed by atoms with Crippen molar-refractivity contribution >= 4 is 5.97 Å². The number of methoxy groups -OCH3 is 1. The number of rotatable bonds is 5. The quantitative estimate of drug-likeness (QED) is 0.735. The number of ether oxygens (including phenoxy) is 1. The molecule has 2 atom stereocenters. The highest BCUT2D eigenvalue weighted by Gasteiger charge is 2.19. The zero-order valence-corrected chi connectivity index (χ0v) is 11.0. The summed E-state index contributed by atoms with van der Waals surface area (Å²) in [6.07, 6.45) is 0.421. The van der Waals surface area contributed by atoms with Crippen molar-refractivity contribution in [3.63, 3.8) is 0 Å². The smallest absolute Gasteiger partial charge is 0.307 e. The van der Waals surface area contributed by atoms with Crippen LogP contribution in [0.1, 0.15) is 31.9 Å². The largest absolute Gasteiger partial charge is 0.469 e. The number of esters is 1. The topological polar surface area (TPSA) is 29.5 Å². The molecule has 3 heteroatoms. The van der Waals surface area contributed by atoms with Gasteiger partial charge in [-0.2, -0.15) is 0 Å². The summed E-state index contributed by atoms with van der Waals surface area (Å²) < 4.78 is 4.69. The number of hydrogen-bond acceptors (Lipinski definition) is 3. The Hall–Kier alpha value is -1.35. The number of nitrogens with zero attached hydrogens (tertiary/aromatic N) is 1. The van der Waals surface area contributed by atoms with Crippen LogP contribution in [0.5, 0.6) is 0 Å². The molecule has 0 aromatic heterocycles. The van der Waals surface area contributed by atoms with E-state index in [0.717, 1.165) is 0 Å². The minimum absolute atomic E-state index is 0.162. The summed E-state index contributed by atoms with van der Waals surface area (Å²) in [6.45, 7) is 4.18. The molecule has 1 aromatic carbocycles. The van der Waals surface area contributed by atoms with Crippen LogP contribution >= 0.6 is 0 Å². The Bertz CT molecular complexity index is 350. The van der Waals surface area contributed by atoms with Gasteiger partial charge in [-0.05, 0) is 26.5 Å². The maximum Gasteiger partial charge on any atom is 0.307 e. The number of hydrogen-bond donors (Lipinski definition) is 0. The van der Waals surface area contributed by atoms with E-state index in [1.807, 2.05) is 32.2 Å². The van der Waals surface area contributed by atoms with Crippen LogP contribution in [0.2, 0.25) is 0 Å². The van der Waals surface area contributed by atoms with Gasteiger partial charge in [0.1, 0.15) is 0 Å². The highest BCUT2D eigenvalue weighted by molar-refractivity contribution is 5.69. The highest BCUT2D eigenvalue weighted by Crippen LogP contribution is 2.21. The van der Waals surface area contributed by atoms with Gasteiger partial charge in [-0.1, -0.05) is 30.3 Å². The van der Waals surface area contributed by atoms with Gasteiger partial charge in [0.05, 0.1) is 13.5 Å². The monoisotopic (exact) mass is 235 g/mol. The SMILES string of the molecule is COC(=O)C[C@H](C)N(C)[C@@H](C)c1ccccc1. The zero-order valence-electron chi connectivity index (χ0n) is 11.0. The van der Waals surface area contributed by atoms with E-state index in [9.17, 15) is 4.79 Å². The van der Waals surface area contributed by atoms with Crippen molar-refractivity contribution in [1.82, 2.24) is 4.90 Å². The van der Waals surface area contributed by atoms with Gasteiger partial charge < -0.3 is 4.74 Å². The fourth-order valence-corrected chi connectivity index (χ4v) is 1.82. The van der Waals surface area contributed by atoms with Crippen molar-refractivity contribution in [2.24, 2.45) is 0 Å². The van der Waals surface area contributed by atoms with Gasteiger partial charge in [0.15, 0.2) is 0 Å². The number of carbonyl (C=O) groups excluding carboxylic acids is 1. The molecule has 0 aliphatic rings. The molecule has 0 heterocycles. The molecule has 0 fully saturated rings. The van der Waals surface area contributed by atoms with E-state index in [1.165, 1.54) is 12.7 Å². The Labute approximate surface area is 103 Å². The summed E-state index contributed by atoms with van der Waals surface area (Å²) in [7, 11) is 3.46. The van der Waals surface area contributed by atoms with Crippen LogP contribution in [0.15, 0.2) is 30.3 Å². The van der Waals surface area contributed by atoms with Gasteiger partial charge in [-0.3, -0.25) is 9.69 Å². The van der Waals surface area contributed by atoms with Crippen molar-refractivity contribution in [1.29, 1.82) is 0 Å². The van der Waals surface area contributed by atoms with Crippen molar-refractivity contribution < 1.29 is 9.53 Å².